The molecule has 0 aliphatic carbocycles. The van der Waals surface area contributed by atoms with Gasteiger partial charge < -0.3 is 20.5 Å². The van der Waals surface area contributed by atoms with Crippen molar-refractivity contribution in [1.82, 2.24) is 10.3 Å². The maximum absolute atomic E-state index is 12.3. The molecule has 2 rings (SSSR count). The number of ether oxygens (including phenoxy) is 2. The minimum absolute atomic E-state index is 0.145. The van der Waals surface area contributed by atoms with Crippen LogP contribution in [0.3, 0.4) is 0 Å². The highest BCUT2D eigenvalue weighted by Gasteiger charge is 2.17. The molecule has 0 saturated carbocycles. The van der Waals surface area contributed by atoms with Gasteiger partial charge in [0.2, 0.25) is 0 Å². The van der Waals surface area contributed by atoms with Gasteiger partial charge in [-0.2, -0.15) is 0 Å². The maximum atomic E-state index is 12.3. The van der Waals surface area contributed by atoms with Crippen LogP contribution in [0, 0.1) is 13.8 Å². The Bertz CT molecular complexity index is 787. The number of rotatable bonds is 7. The van der Waals surface area contributed by atoms with Crippen LogP contribution in [-0.2, 0) is 11.3 Å². The average Bonchev–Trinajstić information content (AvgIpc) is 2.88. The van der Waals surface area contributed by atoms with Crippen LogP contribution in [0.5, 0.6) is 11.5 Å². The molecule has 1 heterocycles. The van der Waals surface area contributed by atoms with E-state index in [0.717, 1.165) is 15.6 Å². The van der Waals surface area contributed by atoms with Crippen molar-refractivity contribution in [3.05, 3.63) is 38.3 Å². The van der Waals surface area contributed by atoms with E-state index in [1.165, 1.54) is 30.6 Å². The molecule has 0 radical (unpaired) electrons. The Labute approximate surface area is 154 Å². The second-order valence-corrected chi connectivity index (χ2v) is 6.87. The first-order valence-electron chi connectivity index (χ1n) is 7.31. The lowest BCUT2D eigenvalue weighted by molar-refractivity contribution is -0.119. The van der Waals surface area contributed by atoms with E-state index < -0.39 is 5.91 Å². The van der Waals surface area contributed by atoms with Gasteiger partial charge in [-0.1, -0.05) is 11.6 Å². The van der Waals surface area contributed by atoms with Gasteiger partial charge in [-0.05, 0) is 26.0 Å². The lowest BCUT2D eigenvalue weighted by Crippen LogP contribution is -2.23. The second kappa shape index (κ2) is 8.17. The average molecular weight is 384 g/mol. The van der Waals surface area contributed by atoms with E-state index in [9.17, 15) is 9.59 Å². The number of benzene rings is 1. The molecule has 0 atom stereocenters. The van der Waals surface area contributed by atoms with Gasteiger partial charge in [0.15, 0.2) is 18.1 Å². The van der Waals surface area contributed by atoms with E-state index in [0.29, 0.717) is 12.1 Å². The summed E-state index contributed by atoms with van der Waals surface area (Å²) in [4.78, 5) is 28.7. The van der Waals surface area contributed by atoms with Crippen LogP contribution >= 0.6 is 22.9 Å². The number of carbonyl (C=O) groups is 2. The van der Waals surface area contributed by atoms with E-state index in [1.54, 1.807) is 0 Å². The van der Waals surface area contributed by atoms with E-state index in [1.807, 2.05) is 13.8 Å². The molecular weight excluding hydrogens is 366 g/mol. The zero-order valence-corrected chi connectivity index (χ0v) is 15.6. The summed E-state index contributed by atoms with van der Waals surface area (Å²) in [5.41, 5.74) is 6.31. The van der Waals surface area contributed by atoms with Crippen molar-refractivity contribution in [2.45, 2.75) is 20.4 Å². The number of carbonyl (C=O) groups excluding carboxylic acids is 2. The number of thiazole rings is 1. The van der Waals surface area contributed by atoms with Crippen molar-refractivity contribution in [1.29, 1.82) is 0 Å². The van der Waals surface area contributed by atoms with Gasteiger partial charge in [-0.15, -0.1) is 11.3 Å². The zero-order valence-electron chi connectivity index (χ0n) is 14.0. The number of nitrogens with two attached hydrogens (primary N) is 1. The van der Waals surface area contributed by atoms with Crippen LogP contribution in [0.4, 0.5) is 0 Å². The molecule has 3 N–H and O–H groups in total. The predicted octanol–water partition coefficient (Wildman–Crippen LogP) is 2.22. The number of halogens is 1. The van der Waals surface area contributed by atoms with Crippen molar-refractivity contribution in [3.8, 4) is 11.5 Å². The standard InChI is InChI=1S/C16H18ClN3O4S/c1-8-9(2)25-14(20-8)6-19-16(22)10-4-11(17)15(12(5-10)23-3)24-7-13(18)21/h4-5H,6-7H2,1-3H3,(H2,18,21)(H,19,22). The summed E-state index contributed by atoms with van der Waals surface area (Å²) in [5.74, 6) is -0.577. The molecule has 0 spiro atoms. The van der Waals surface area contributed by atoms with Crippen molar-refractivity contribution in [3.63, 3.8) is 0 Å². The Morgan fingerprint density at radius 2 is 2.08 bits per heavy atom. The highest BCUT2D eigenvalue weighted by Crippen LogP contribution is 2.36. The number of hydrogen-bond donors (Lipinski definition) is 2. The van der Waals surface area contributed by atoms with E-state index in [4.69, 9.17) is 26.8 Å². The van der Waals surface area contributed by atoms with E-state index in [-0.39, 0.29) is 29.0 Å². The molecule has 9 heteroatoms. The summed E-state index contributed by atoms with van der Waals surface area (Å²) in [6.45, 7) is 3.88. The molecule has 1 aromatic heterocycles. The molecule has 2 amide bonds. The second-order valence-electron chi connectivity index (χ2n) is 5.18. The fourth-order valence-electron chi connectivity index (χ4n) is 2.01. The fraction of sp³-hybridized carbons (Fsp3) is 0.312. The number of hydrogen-bond acceptors (Lipinski definition) is 6. The first-order chi connectivity index (χ1) is 11.8. The lowest BCUT2D eigenvalue weighted by Gasteiger charge is -2.13. The molecular formula is C16H18ClN3O4S. The molecule has 134 valence electrons. The van der Waals surface area contributed by atoms with Crippen LogP contribution in [0.25, 0.3) is 0 Å². The van der Waals surface area contributed by atoms with Gasteiger partial charge in [0, 0.05) is 10.4 Å². The summed E-state index contributed by atoms with van der Waals surface area (Å²) in [6, 6.07) is 2.92. The number of methoxy groups -OCH3 is 1. The highest BCUT2D eigenvalue weighted by atomic mass is 35.5. The summed E-state index contributed by atoms with van der Waals surface area (Å²) in [7, 11) is 1.41. The fourth-order valence-corrected chi connectivity index (χ4v) is 3.15. The number of nitrogens with one attached hydrogen (secondary N) is 1. The summed E-state index contributed by atoms with van der Waals surface area (Å²) in [6.07, 6.45) is 0. The summed E-state index contributed by atoms with van der Waals surface area (Å²) < 4.78 is 10.4. The Morgan fingerprint density at radius 1 is 1.36 bits per heavy atom. The molecule has 0 aliphatic heterocycles. The van der Waals surface area contributed by atoms with Gasteiger partial charge in [0.25, 0.3) is 11.8 Å². The van der Waals surface area contributed by atoms with E-state index >= 15 is 0 Å². The van der Waals surface area contributed by atoms with Gasteiger partial charge in [0.1, 0.15) is 5.01 Å². The van der Waals surface area contributed by atoms with Gasteiger partial charge >= 0.3 is 0 Å². The molecule has 0 bridgehead atoms. The first kappa shape index (κ1) is 19.0. The third-order valence-electron chi connectivity index (χ3n) is 3.32. The Balaban J connectivity index is 2.13. The number of amides is 2. The quantitative estimate of drug-likeness (QED) is 0.762. The molecule has 0 aliphatic rings. The smallest absolute Gasteiger partial charge is 0.255 e. The third-order valence-corrected chi connectivity index (χ3v) is 4.68. The highest BCUT2D eigenvalue weighted by molar-refractivity contribution is 7.11. The van der Waals surface area contributed by atoms with Crippen LogP contribution in [0.2, 0.25) is 5.02 Å². The summed E-state index contributed by atoms with van der Waals surface area (Å²) in [5, 5.41) is 3.75. The predicted molar refractivity (Wildman–Crippen MR) is 95.5 cm³/mol. The Hall–Kier alpha value is -2.32. The minimum Gasteiger partial charge on any atom is -0.493 e. The molecule has 1 aromatic carbocycles. The largest absolute Gasteiger partial charge is 0.493 e. The van der Waals surface area contributed by atoms with Gasteiger partial charge in [-0.3, -0.25) is 9.59 Å². The van der Waals surface area contributed by atoms with Crippen molar-refractivity contribution < 1.29 is 19.1 Å². The number of aromatic nitrogens is 1. The zero-order chi connectivity index (χ0) is 18.6. The number of aryl methyl sites for hydroxylation is 2. The SMILES string of the molecule is COc1cc(C(=O)NCc2nc(C)c(C)s2)cc(Cl)c1OCC(N)=O. The molecule has 25 heavy (non-hydrogen) atoms. The topological polar surface area (TPSA) is 104 Å². The van der Waals surface area contributed by atoms with Crippen LogP contribution in [-0.4, -0.2) is 30.5 Å². The number of nitrogens with zero attached hydrogens (tertiary/aromatic N) is 1. The normalized spacial score (nSPS) is 10.4. The lowest BCUT2D eigenvalue weighted by atomic mass is 10.2. The van der Waals surface area contributed by atoms with Crippen molar-refractivity contribution in [2.75, 3.05) is 13.7 Å². The number of primary amides is 1. The minimum atomic E-state index is -0.644. The monoisotopic (exact) mass is 383 g/mol. The van der Waals surface area contributed by atoms with Crippen molar-refractivity contribution in [2.24, 2.45) is 5.73 Å². The van der Waals surface area contributed by atoms with Gasteiger partial charge in [-0.25, -0.2) is 4.98 Å². The Kier molecular flexibility index (Phi) is 6.22. The third kappa shape index (κ3) is 4.83. The van der Waals surface area contributed by atoms with Crippen LogP contribution in [0.15, 0.2) is 12.1 Å². The molecule has 0 saturated heterocycles. The van der Waals surface area contributed by atoms with Crippen LogP contribution < -0.4 is 20.5 Å². The van der Waals surface area contributed by atoms with E-state index in [2.05, 4.69) is 10.3 Å². The van der Waals surface area contributed by atoms with Crippen molar-refractivity contribution >= 4 is 34.8 Å². The Morgan fingerprint density at radius 3 is 2.64 bits per heavy atom. The molecule has 2 aromatic rings. The van der Waals surface area contributed by atoms with Crippen LogP contribution in [0.1, 0.15) is 25.9 Å². The van der Waals surface area contributed by atoms with Gasteiger partial charge in [0.05, 0.1) is 24.4 Å². The molecule has 0 fully saturated rings. The maximum Gasteiger partial charge on any atom is 0.255 e. The molecule has 0 unspecified atom stereocenters. The summed E-state index contributed by atoms with van der Waals surface area (Å²) >= 11 is 7.67. The molecule has 7 nitrogen and oxygen atoms in total. The first-order valence-corrected chi connectivity index (χ1v) is 8.51.